The molecule has 0 unspecified atom stereocenters. The summed E-state index contributed by atoms with van der Waals surface area (Å²) >= 11 is 3.26. The first-order valence-electron chi connectivity index (χ1n) is 9.45. The van der Waals surface area contributed by atoms with Crippen LogP contribution in [0.15, 0.2) is 71.2 Å². The Morgan fingerprint density at radius 1 is 0.824 bits per heavy atom. The molecule has 0 aliphatic rings. The SMILES string of the molecule is O=C(COC(=O)c1cccc(NC(=O)c2cc([N+](=O)[O-])cc([N+](=O)[O-])c2)c1)c1ccc(Br)cc1. The minimum Gasteiger partial charge on any atom is -0.454 e. The van der Waals surface area contributed by atoms with Gasteiger partial charge in [0.05, 0.1) is 27.0 Å². The van der Waals surface area contributed by atoms with E-state index >= 15 is 0 Å². The van der Waals surface area contributed by atoms with Gasteiger partial charge < -0.3 is 10.1 Å². The minimum absolute atomic E-state index is 0.0337. The predicted octanol–water partition coefficient (Wildman–Crippen LogP) is 4.56. The molecule has 0 aromatic heterocycles. The van der Waals surface area contributed by atoms with Crippen LogP contribution in [0.4, 0.5) is 17.1 Å². The van der Waals surface area contributed by atoms with Crippen LogP contribution in [0.3, 0.4) is 0 Å². The first kappa shape index (κ1) is 24.2. The molecule has 0 saturated carbocycles. The van der Waals surface area contributed by atoms with Crippen molar-refractivity contribution in [3.63, 3.8) is 0 Å². The van der Waals surface area contributed by atoms with Crippen molar-refractivity contribution in [2.45, 2.75) is 0 Å². The lowest BCUT2D eigenvalue weighted by atomic mass is 10.1. The predicted molar refractivity (Wildman–Crippen MR) is 123 cm³/mol. The van der Waals surface area contributed by atoms with Gasteiger partial charge in [0.2, 0.25) is 0 Å². The molecule has 0 aliphatic heterocycles. The van der Waals surface area contributed by atoms with Crippen LogP contribution in [0, 0.1) is 20.2 Å². The number of amides is 1. The second kappa shape index (κ2) is 10.4. The molecule has 0 saturated heterocycles. The fraction of sp³-hybridized carbons (Fsp3) is 0.0455. The molecule has 0 atom stereocenters. The molecule has 0 radical (unpaired) electrons. The number of hydrogen-bond acceptors (Lipinski definition) is 8. The number of nitrogens with one attached hydrogen (secondary N) is 1. The Labute approximate surface area is 199 Å². The molecule has 12 heteroatoms. The van der Waals surface area contributed by atoms with Gasteiger partial charge in [-0.2, -0.15) is 0 Å². The number of esters is 1. The molecular formula is C22H14BrN3O8. The maximum Gasteiger partial charge on any atom is 0.338 e. The molecule has 0 bridgehead atoms. The number of ketones is 1. The van der Waals surface area contributed by atoms with Gasteiger partial charge in [-0.3, -0.25) is 29.8 Å². The monoisotopic (exact) mass is 527 g/mol. The van der Waals surface area contributed by atoms with Crippen molar-refractivity contribution in [1.29, 1.82) is 0 Å². The number of carbonyl (C=O) groups excluding carboxylic acids is 3. The molecule has 3 rings (SSSR count). The van der Waals surface area contributed by atoms with Crippen LogP contribution >= 0.6 is 15.9 Å². The van der Waals surface area contributed by atoms with E-state index in [9.17, 15) is 34.6 Å². The first-order valence-corrected chi connectivity index (χ1v) is 10.2. The van der Waals surface area contributed by atoms with Gasteiger partial charge in [-0.1, -0.05) is 34.1 Å². The molecule has 0 heterocycles. The van der Waals surface area contributed by atoms with Gasteiger partial charge >= 0.3 is 5.97 Å². The molecule has 1 N–H and O–H groups in total. The molecule has 172 valence electrons. The van der Waals surface area contributed by atoms with Crippen molar-refractivity contribution in [2.75, 3.05) is 11.9 Å². The maximum absolute atomic E-state index is 12.5. The normalized spacial score (nSPS) is 10.3. The Balaban J connectivity index is 1.70. The van der Waals surface area contributed by atoms with Gasteiger partial charge in [-0.25, -0.2) is 4.79 Å². The van der Waals surface area contributed by atoms with E-state index in [2.05, 4.69) is 21.2 Å². The number of non-ortho nitro benzene ring substituents is 2. The van der Waals surface area contributed by atoms with E-state index in [1.54, 1.807) is 24.3 Å². The average molecular weight is 528 g/mol. The molecule has 0 aliphatic carbocycles. The van der Waals surface area contributed by atoms with Crippen LogP contribution in [0.25, 0.3) is 0 Å². The summed E-state index contributed by atoms with van der Waals surface area (Å²) in [7, 11) is 0. The summed E-state index contributed by atoms with van der Waals surface area (Å²) in [5.41, 5.74) is -1.02. The molecular weight excluding hydrogens is 514 g/mol. The number of halogens is 1. The summed E-state index contributed by atoms with van der Waals surface area (Å²) in [5.74, 6) is -2.08. The van der Waals surface area contributed by atoms with Crippen LogP contribution in [0.2, 0.25) is 0 Å². The number of carbonyl (C=O) groups is 3. The van der Waals surface area contributed by atoms with E-state index in [0.717, 1.165) is 22.7 Å². The fourth-order valence-corrected chi connectivity index (χ4v) is 3.06. The van der Waals surface area contributed by atoms with Crippen LogP contribution in [0.1, 0.15) is 31.1 Å². The van der Waals surface area contributed by atoms with Crippen molar-refractivity contribution in [3.8, 4) is 0 Å². The summed E-state index contributed by atoms with van der Waals surface area (Å²) in [4.78, 5) is 57.4. The lowest BCUT2D eigenvalue weighted by molar-refractivity contribution is -0.394. The van der Waals surface area contributed by atoms with E-state index in [1.165, 1.54) is 24.3 Å². The van der Waals surface area contributed by atoms with Crippen LogP contribution < -0.4 is 5.32 Å². The third-order valence-electron chi connectivity index (χ3n) is 4.44. The second-order valence-electron chi connectivity index (χ2n) is 6.79. The van der Waals surface area contributed by atoms with Crippen LogP contribution in [-0.2, 0) is 4.74 Å². The van der Waals surface area contributed by atoms with Gasteiger partial charge in [0.15, 0.2) is 12.4 Å². The molecule has 0 spiro atoms. The van der Waals surface area contributed by atoms with Gasteiger partial charge in [0.25, 0.3) is 17.3 Å². The number of nitro groups is 2. The maximum atomic E-state index is 12.5. The van der Waals surface area contributed by atoms with E-state index in [1.807, 2.05) is 0 Å². The number of nitrogens with zero attached hydrogens (tertiary/aromatic N) is 2. The highest BCUT2D eigenvalue weighted by molar-refractivity contribution is 9.10. The average Bonchev–Trinajstić information content (AvgIpc) is 2.82. The number of hydrogen-bond donors (Lipinski definition) is 1. The Bertz CT molecular complexity index is 1280. The minimum atomic E-state index is -0.859. The van der Waals surface area contributed by atoms with Gasteiger partial charge in [0.1, 0.15) is 0 Å². The third-order valence-corrected chi connectivity index (χ3v) is 4.97. The molecule has 3 aromatic carbocycles. The van der Waals surface area contributed by atoms with Crippen LogP contribution in [0.5, 0.6) is 0 Å². The van der Waals surface area contributed by atoms with E-state index in [4.69, 9.17) is 4.74 Å². The zero-order chi connectivity index (χ0) is 24.8. The number of nitro benzene ring substituents is 2. The Hall–Kier alpha value is -4.45. The number of ether oxygens (including phenoxy) is 1. The van der Waals surface area contributed by atoms with Crippen molar-refractivity contribution in [3.05, 3.63) is 108 Å². The lowest BCUT2D eigenvalue weighted by Gasteiger charge is -2.08. The highest BCUT2D eigenvalue weighted by atomic mass is 79.9. The summed E-state index contributed by atoms with van der Waals surface area (Å²) in [5, 5.41) is 24.5. The highest BCUT2D eigenvalue weighted by Gasteiger charge is 2.20. The Morgan fingerprint density at radius 3 is 2.03 bits per heavy atom. The Morgan fingerprint density at radius 2 is 1.44 bits per heavy atom. The Kier molecular flexibility index (Phi) is 7.43. The van der Waals surface area contributed by atoms with Crippen molar-refractivity contribution >= 4 is 50.7 Å². The van der Waals surface area contributed by atoms with Crippen molar-refractivity contribution in [1.82, 2.24) is 0 Å². The molecule has 34 heavy (non-hydrogen) atoms. The zero-order valence-corrected chi connectivity index (χ0v) is 18.7. The summed E-state index contributed by atoms with van der Waals surface area (Å²) in [6, 6.07) is 14.6. The van der Waals surface area contributed by atoms with E-state index in [-0.39, 0.29) is 16.8 Å². The van der Waals surface area contributed by atoms with E-state index in [0.29, 0.717) is 5.56 Å². The smallest absolute Gasteiger partial charge is 0.338 e. The molecule has 11 nitrogen and oxygen atoms in total. The molecule has 0 fully saturated rings. The van der Waals surface area contributed by atoms with Gasteiger partial charge in [-0.15, -0.1) is 0 Å². The van der Waals surface area contributed by atoms with Crippen molar-refractivity contribution in [2.24, 2.45) is 0 Å². The number of rotatable bonds is 8. The lowest BCUT2D eigenvalue weighted by Crippen LogP contribution is -2.15. The topological polar surface area (TPSA) is 159 Å². The quantitative estimate of drug-likeness (QED) is 0.193. The largest absolute Gasteiger partial charge is 0.454 e. The molecule has 3 aromatic rings. The first-order chi connectivity index (χ1) is 16.1. The summed E-state index contributed by atoms with van der Waals surface area (Å²) < 4.78 is 5.83. The fourth-order valence-electron chi connectivity index (χ4n) is 2.80. The highest BCUT2D eigenvalue weighted by Crippen LogP contribution is 2.24. The summed E-state index contributed by atoms with van der Waals surface area (Å²) in [6.45, 7) is -0.492. The zero-order valence-electron chi connectivity index (χ0n) is 17.1. The number of benzene rings is 3. The van der Waals surface area contributed by atoms with Crippen molar-refractivity contribution < 1.29 is 29.0 Å². The standard InChI is InChI=1S/C22H14BrN3O8/c23-16-6-4-13(5-7-16)20(27)12-34-22(29)14-2-1-3-17(8-14)24-21(28)15-9-18(25(30)31)11-19(10-15)26(32)33/h1-11H,12H2,(H,24,28). The number of anilines is 1. The molecule has 1 amide bonds. The second-order valence-corrected chi connectivity index (χ2v) is 7.71. The van der Waals surface area contributed by atoms with Gasteiger partial charge in [0, 0.05) is 27.9 Å². The third kappa shape index (κ3) is 6.07. The van der Waals surface area contributed by atoms with Crippen LogP contribution in [-0.4, -0.2) is 34.1 Å². The van der Waals surface area contributed by atoms with Gasteiger partial charge in [-0.05, 0) is 30.3 Å². The summed E-state index contributed by atoms with van der Waals surface area (Å²) in [6.07, 6.45) is 0. The number of Topliss-reactive ketones (excluding diaryl/α,β-unsaturated/α-hetero) is 1. The van der Waals surface area contributed by atoms with E-state index < -0.39 is 45.5 Å².